The number of methoxy groups -OCH3 is 6. The van der Waals surface area contributed by atoms with Crippen molar-refractivity contribution in [2.75, 3.05) is 84.0 Å². The summed E-state index contributed by atoms with van der Waals surface area (Å²) in [6.45, 7) is 9.20. The molecule has 11 rings (SSSR count). The van der Waals surface area contributed by atoms with Crippen LogP contribution in [0.3, 0.4) is 0 Å². The second-order valence-electron chi connectivity index (χ2n) is 15.4. The Hall–Kier alpha value is -5.93. The predicted molar refractivity (Wildman–Crippen MR) is 333 cm³/mol. The first-order valence-corrected chi connectivity index (χ1v) is 30.5. The van der Waals surface area contributed by atoms with Crippen molar-refractivity contribution >= 4 is 164 Å². The van der Waals surface area contributed by atoms with Crippen molar-refractivity contribution in [3.63, 3.8) is 0 Å². The van der Waals surface area contributed by atoms with Crippen LogP contribution in [0.5, 0.6) is 34.5 Å². The first-order valence-electron chi connectivity index (χ1n) is 23.7. The van der Waals surface area contributed by atoms with Gasteiger partial charge in [-0.2, -0.15) is 4.52 Å². The van der Waals surface area contributed by atoms with E-state index in [4.69, 9.17) is 44.2 Å². The van der Waals surface area contributed by atoms with E-state index in [1.54, 1.807) is 71.6 Å². The number of hydrogen-bond acceptors (Lipinski definition) is 27. The average Bonchev–Trinajstić information content (AvgIpc) is 4.41. The number of rotatable bonds is 17. The summed E-state index contributed by atoms with van der Waals surface area (Å²) in [6.07, 6.45) is 14.0. The summed E-state index contributed by atoms with van der Waals surface area (Å²) in [5.41, 5.74) is 7.23. The summed E-state index contributed by atoms with van der Waals surface area (Å²) < 4.78 is 41.2. The van der Waals surface area contributed by atoms with Crippen LogP contribution in [0.1, 0.15) is 40.0 Å². The van der Waals surface area contributed by atoms with Gasteiger partial charge in [0.15, 0.2) is 30.8 Å². The van der Waals surface area contributed by atoms with Gasteiger partial charge in [0.2, 0.25) is 51.9 Å². The molecule has 80 heavy (non-hydrogen) atoms. The van der Waals surface area contributed by atoms with Crippen LogP contribution < -0.4 is 55.6 Å². The Kier molecular flexibility index (Phi) is 25.2. The maximum absolute atomic E-state index is 9.03. The van der Waals surface area contributed by atoms with Crippen LogP contribution in [0, 0.1) is 3.70 Å². The smallest absolute Gasteiger partial charge is 0.488 e. The Labute approximate surface area is 509 Å². The van der Waals surface area contributed by atoms with Crippen LogP contribution in [0.4, 0.5) is 20.5 Å². The molecule has 26 nitrogen and oxygen atoms in total. The van der Waals surface area contributed by atoms with Gasteiger partial charge < -0.3 is 60.2 Å². The maximum atomic E-state index is 9.03. The molecule has 11 aromatic rings. The van der Waals surface area contributed by atoms with Gasteiger partial charge in [0, 0.05) is 37.6 Å². The van der Waals surface area contributed by atoms with Crippen LogP contribution in [-0.2, 0) is 0 Å². The number of nitrogens with one attached hydrogen (secondary N) is 3. The Bertz CT molecular complexity index is 3500. The zero-order valence-corrected chi connectivity index (χ0v) is 53.9. The highest BCUT2D eigenvalue weighted by molar-refractivity contribution is 14.1. The third kappa shape index (κ3) is 17.3. The monoisotopic (exact) mass is 1430 g/mol. The topological polar surface area (TPSA) is 304 Å². The summed E-state index contributed by atoms with van der Waals surface area (Å²) in [6, 6.07) is 6.74. The fourth-order valence-electron chi connectivity index (χ4n) is 6.41. The number of nitrogens with two attached hydrogens (primary N) is 1. The highest BCUT2D eigenvalue weighted by Crippen LogP contribution is 2.42. The summed E-state index contributed by atoms with van der Waals surface area (Å²) >= 11 is 16.1. The number of nitrogens with zero attached hydrogens (tertiary/aromatic N) is 14. The minimum atomic E-state index is -1.57. The number of ether oxygens (including phenoxy) is 6. The second kappa shape index (κ2) is 31.9. The zero-order valence-electron chi connectivity index (χ0n) is 44.5. The van der Waals surface area contributed by atoms with E-state index in [2.05, 4.69) is 142 Å². The zero-order chi connectivity index (χ0) is 57.7. The Morgan fingerprint density at radius 3 is 1.45 bits per heavy atom. The molecule has 0 fully saturated rings. The van der Waals surface area contributed by atoms with Crippen LogP contribution in [0.2, 0.25) is 0 Å². The molecule has 0 aliphatic carbocycles. The molecule has 2 aromatic carbocycles. The number of benzene rings is 2. The number of halogens is 3. The van der Waals surface area contributed by atoms with E-state index in [-0.39, 0.29) is 5.46 Å². The first kappa shape index (κ1) is 63.3. The quantitative estimate of drug-likeness (QED) is 0.0366. The van der Waals surface area contributed by atoms with E-state index in [9.17, 15) is 0 Å². The summed E-state index contributed by atoms with van der Waals surface area (Å²) in [4.78, 5) is 20.5. The van der Waals surface area contributed by atoms with Crippen LogP contribution in [-0.4, -0.2) is 148 Å². The molecule has 0 bridgehead atoms. The van der Waals surface area contributed by atoms with Crippen molar-refractivity contribution in [3.8, 4) is 45.8 Å². The van der Waals surface area contributed by atoms with E-state index in [1.807, 2.05) is 39.8 Å². The van der Waals surface area contributed by atoms with Crippen molar-refractivity contribution in [2.24, 2.45) is 0 Å². The largest absolute Gasteiger partial charge is 0.493 e. The molecule has 0 saturated carbocycles. The third-order valence-corrected chi connectivity index (χ3v) is 15.9. The van der Waals surface area contributed by atoms with E-state index in [0.29, 0.717) is 39.6 Å². The number of anilines is 4. The predicted octanol–water partition coefficient (Wildman–Crippen LogP) is 8.96. The standard InChI is InChI=1S/C16H20N4O3S.C9H13BO5.C7H9IN4S.C7H10N4S.C4H2BrN3S.C2H2BrN3S/c1-5-6-17-15-19-20-11(9-18-16(20)24-15)10-7-12(21-2)14(23-4)13(8-10)22-3;1-13-7-4-6(10(11)12)5-8(14-2)9(7)15-3;1-2-3-9-6-11-12-5(8)4-10-7(12)13-6;1-2-3-8-6-10-11-5-4-9-7(11)12-6;5-3-7-8-2-1-6-4(8)9-3;3-1-5-6-2(4)7-1/h7-9H,5-6H2,1-4H3,(H,17,19);4-5,11-12H,1-3H3;4H,2-3H2,1H3,(H,9,11);4-5H,2-3H2,1H3,(H,8,10);1-2H;(H2,4,6). The van der Waals surface area contributed by atoms with Crippen molar-refractivity contribution in [1.29, 1.82) is 0 Å². The number of fused-ring (bicyclic) bond motifs is 4. The number of nitrogen functional groups attached to an aromatic ring is 1. The fraction of sp³-hybridized carbons (Fsp3) is 0.333. The molecule has 0 aliphatic heterocycles. The molecule has 0 atom stereocenters. The molecule has 9 heterocycles. The fourth-order valence-corrected chi connectivity index (χ4v) is 11.5. The third-order valence-electron chi connectivity index (χ3n) is 10.00. The van der Waals surface area contributed by atoms with E-state index >= 15 is 0 Å². The molecule has 0 spiro atoms. The average molecular weight is 1430 g/mol. The lowest BCUT2D eigenvalue weighted by Gasteiger charge is -2.13. The van der Waals surface area contributed by atoms with Gasteiger partial charge in [-0.1, -0.05) is 77.5 Å². The van der Waals surface area contributed by atoms with Crippen molar-refractivity contribution < 1.29 is 38.5 Å². The van der Waals surface area contributed by atoms with Gasteiger partial charge >= 0.3 is 7.12 Å². The minimum Gasteiger partial charge on any atom is -0.493 e. The highest BCUT2D eigenvalue weighted by atomic mass is 127. The van der Waals surface area contributed by atoms with Gasteiger partial charge in [-0.25, -0.2) is 33.5 Å². The highest BCUT2D eigenvalue weighted by Gasteiger charge is 2.20. The van der Waals surface area contributed by atoms with Crippen LogP contribution >= 0.6 is 111 Å². The molecule has 7 N–H and O–H groups in total. The van der Waals surface area contributed by atoms with Crippen LogP contribution in [0.15, 0.2) is 69.3 Å². The Morgan fingerprint density at radius 1 is 0.562 bits per heavy atom. The number of imidazole rings is 4. The normalized spacial score (nSPS) is 10.5. The molecule has 0 unspecified atom stereocenters. The van der Waals surface area contributed by atoms with Gasteiger partial charge in [-0.15, -0.1) is 30.6 Å². The SMILES string of the molecule is Brc1nn2ccnc2s1.CCCNc1nn2c(-c3cc(OC)c(OC)c(OC)c3)cnc2s1.CCCNc1nn2c(I)cnc2s1.CCCNc1nn2ccnc2s1.COc1cc(B(O)O)cc(OC)c1OC.Nc1nnc(Br)s1. The molecule has 9 aromatic heterocycles. The molecule has 0 amide bonds. The van der Waals surface area contributed by atoms with Gasteiger partial charge in [0.05, 0.1) is 73.1 Å². The first-order chi connectivity index (χ1) is 38.7. The summed E-state index contributed by atoms with van der Waals surface area (Å²) in [5.74, 6) is 2.96. The van der Waals surface area contributed by atoms with E-state index in [0.717, 1.165) is 96.9 Å². The van der Waals surface area contributed by atoms with Gasteiger partial charge in [0.25, 0.3) is 0 Å². The molecular weight excluding hydrogens is 1380 g/mol. The van der Waals surface area contributed by atoms with Crippen molar-refractivity contribution in [2.45, 2.75) is 40.0 Å². The summed E-state index contributed by atoms with van der Waals surface area (Å²) in [5, 5.41) is 55.4. The number of hydrogen-bond donors (Lipinski definition) is 6. The number of aromatic nitrogens is 14. The molecule has 0 saturated heterocycles. The lowest BCUT2D eigenvalue weighted by atomic mass is 9.80. The lowest BCUT2D eigenvalue weighted by molar-refractivity contribution is 0.324. The maximum Gasteiger partial charge on any atom is 0.488 e. The second-order valence-corrected chi connectivity index (χ2v) is 23.9. The minimum absolute atomic E-state index is 0.282. The molecule has 0 aliphatic rings. The molecule has 428 valence electrons. The van der Waals surface area contributed by atoms with Crippen LogP contribution in [0.25, 0.3) is 31.1 Å². The van der Waals surface area contributed by atoms with Gasteiger partial charge in [-0.3, -0.25) is 0 Å². The Morgan fingerprint density at radius 2 is 1.02 bits per heavy atom. The van der Waals surface area contributed by atoms with Crippen molar-refractivity contribution in [3.05, 3.63) is 73.0 Å². The van der Waals surface area contributed by atoms with E-state index in [1.165, 1.54) is 67.5 Å². The Balaban J connectivity index is 0.000000162. The molecule has 0 radical (unpaired) electrons. The molecular formula is C45H56BBr2IN18O8S5. The summed E-state index contributed by atoms with van der Waals surface area (Å²) in [7, 11) is 7.62. The molecule has 35 heteroatoms. The van der Waals surface area contributed by atoms with Crippen molar-refractivity contribution in [1.82, 2.24) is 68.6 Å². The van der Waals surface area contributed by atoms with E-state index < -0.39 is 7.12 Å². The van der Waals surface area contributed by atoms with Gasteiger partial charge in [-0.05, 0) is 103 Å². The van der Waals surface area contributed by atoms with Gasteiger partial charge in [0.1, 0.15) is 3.70 Å². The lowest BCUT2D eigenvalue weighted by Crippen LogP contribution is -2.30.